The monoisotopic (exact) mass is 416 g/mol. The third-order valence-electron chi connectivity index (χ3n) is 3.66. The fraction of sp³-hybridized carbons (Fsp3) is 0.722. The number of nitrogens with zero attached hydrogens (tertiary/aromatic N) is 2. The molecule has 164 valence electrons. The summed E-state index contributed by atoms with van der Waals surface area (Å²) in [5, 5.41) is 0. The quantitative estimate of drug-likeness (QED) is 0.613. The summed E-state index contributed by atoms with van der Waals surface area (Å²) in [6, 6.07) is -0.637. The average Bonchev–Trinajstić information content (AvgIpc) is 3.03. The van der Waals surface area contributed by atoms with Crippen LogP contribution in [0.2, 0.25) is 0 Å². The van der Waals surface area contributed by atoms with Gasteiger partial charge in [-0.05, 0) is 0 Å². The first-order chi connectivity index (χ1) is 14.3. The van der Waals surface area contributed by atoms with Gasteiger partial charge in [-0.3, -0.25) is 4.79 Å². The number of imide groups is 1. The zero-order valence-corrected chi connectivity index (χ0v) is 16.4. The minimum Gasteiger partial charge on any atom is -0.495 e. The summed E-state index contributed by atoms with van der Waals surface area (Å²) in [6.45, 7) is 4.81. The Hall–Kier alpha value is -2.05. The molecule has 0 aromatic heterocycles. The van der Waals surface area contributed by atoms with Crippen LogP contribution in [0.3, 0.4) is 0 Å². The van der Waals surface area contributed by atoms with Crippen LogP contribution in [0.25, 0.3) is 0 Å². The van der Waals surface area contributed by atoms with E-state index in [1.165, 1.54) is 6.26 Å². The molecule has 2 rings (SSSR count). The number of amides is 3. The van der Waals surface area contributed by atoms with Crippen molar-refractivity contribution in [2.45, 2.75) is 0 Å². The van der Waals surface area contributed by atoms with Gasteiger partial charge in [-0.1, -0.05) is 0 Å². The SMILES string of the molecule is O=C1C=NC(=O)N1C/C1=C/OCCOCCOCCOCCOCCOCCO1. The lowest BCUT2D eigenvalue weighted by molar-refractivity contribution is -0.120. The normalized spacial score (nSPS) is 24.1. The van der Waals surface area contributed by atoms with E-state index in [0.717, 1.165) is 11.1 Å². The Labute approximate surface area is 169 Å². The number of rotatable bonds is 2. The van der Waals surface area contributed by atoms with Crippen molar-refractivity contribution in [1.82, 2.24) is 4.90 Å². The Bertz CT molecular complexity index is 535. The van der Waals surface area contributed by atoms with Gasteiger partial charge < -0.3 is 33.2 Å². The van der Waals surface area contributed by atoms with Gasteiger partial charge in [0.05, 0.1) is 78.8 Å². The molecule has 0 saturated heterocycles. The number of ether oxygens (including phenoxy) is 7. The van der Waals surface area contributed by atoms with E-state index in [1.54, 1.807) is 0 Å². The van der Waals surface area contributed by atoms with Crippen molar-refractivity contribution in [3.8, 4) is 0 Å². The van der Waals surface area contributed by atoms with Crippen LogP contribution in [0.4, 0.5) is 4.79 Å². The smallest absolute Gasteiger partial charge is 0.351 e. The molecule has 11 nitrogen and oxygen atoms in total. The largest absolute Gasteiger partial charge is 0.495 e. The summed E-state index contributed by atoms with van der Waals surface area (Å²) in [5.41, 5.74) is 0. The fourth-order valence-corrected chi connectivity index (χ4v) is 2.23. The van der Waals surface area contributed by atoms with Gasteiger partial charge in [0.25, 0.3) is 5.91 Å². The molecule has 2 aliphatic rings. The molecule has 0 saturated carbocycles. The lowest BCUT2D eigenvalue weighted by Gasteiger charge is -2.16. The number of aliphatic imine (C=N–C) groups is 1. The van der Waals surface area contributed by atoms with Crippen molar-refractivity contribution < 1.29 is 42.7 Å². The summed E-state index contributed by atoms with van der Waals surface area (Å²) < 4.78 is 37.9. The molecule has 29 heavy (non-hydrogen) atoms. The van der Waals surface area contributed by atoms with Crippen molar-refractivity contribution in [1.29, 1.82) is 0 Å². The first-order valence-electron chi connectivity index (χ1n) is 9.49. The summed E-state index contributed by atoms with van der Waals surface area (Å²) in [6.07, 6.45) is 2.34. The molecule has 2 heterocycles. The number of hydrogen-bond donors (Lipinski definition) is 0. The van der Waals surface area contributed by atoms with E-state index in [1.807, 2.05) is 0 Å². The van der Waals surface area contributed by atoms with Crippen molar-refractivity contribution in [3.63, 3.8) is 0 Å². The summed E-state index contributed by atoms with van der Waals surface area (Å²) in [7, 11) is 0. The second-order valence-electron chi connectivity index (χ2n) is 5.83. The zero-order chi connectivity index (χ0) is 20.6. The number of urea groups is 1. The van der Waals surface area contributed by atoms with Gasteiger partial charge in [0, 0.05) is 0 Å². The van der Waals surface area contributed by atoms with Crippen molar-refractivity contribution in [2.75, 3.05) is 85.8 Å². The molecule has 0 aromatic rings. The van der Waals surface area contributed by atoms with Gasteiger partial charge in [-0.15, -0.1) is 0 Å². The van der Waals surface area contributed by atoms with E-state index in [2.05, 4.69) is 4.99 Å². The maximum Gasteiger partial charge on any atom is 0.351 e. The topological polar surface area (TPSA) is 114 Å². The Kier molecular flexibility index (Phi) is 11.9. The third-order valence-corrected chi connectivity index (χ3v) is 3.66. The molecule has 2 aliphatic heterocycles. The standard InChI is InChI=1S/C18H28N2O9/c21-17-13-19-18(22)20(17)14-16-15-28-10-9-26-6-5-24-2-1-23-3-4-25-7-8-27-11-12-29-16/h13,15H,1-12,14H2/b16-15-. The van der Waals surface area contributed by atoms with Crippen LogP contribution in [0.5, 0.6) is 0 Å². The highest BCUT2D eigenvalue weighted by molar-refractivity contribution is 6.35. The van der Waals surface area contributed by atoms with E-state index in [0.29, 0.717) is 71.8 Å². The minimum absolute atomic E-state index is 0.0739. The Morgan fingerprint density at radius 1 is 0.724 bits per heavy atom. The predicted octanol–water partition coefficient (Wildman–Crippen LogP) is -0.00940. The van der Waals surface area contributed by atoms with E-state index >= 15 is 0 Å². The highest BCUT2D eigenvalue weighted by Gasteiger charge is 2.26. The van der Waals surface area contributed by atoms with E-state index < -0.39 is 11.9 Å². The van der Waals surface area contributed by atoms with Gasteiger partial charge in [0.15, 0.2) is 5.76 Å². The Morgan fingerprint density at radius 2 is 1.21 bits per heavy atom. The van der Waals surface area contributed by atoms with E-state index in [4.69, 9.17) is 33.2 Å². The maximum atomic E-state index is 11.7. The molecule has 0 bridgehead atoms. The molecular formula is C18H28N2O9. The molecule has 0 spiro atoms. The van der Waals surface area contributed by atoms with Gasteiger partial charge in [0.1, 0.15) is 19.5 Å². The lowest BCUT2D eigenvalue weighted by Crippen LogP contribution is -2.32. The van der Waals surface area contributed by atoms with E-state index in [9.17, 15) is 9.59 Å². The highest BCUT2D eigenvalue weighted by atomic mass is 16.6. The fourth-order valence-electron chi connectivity index (χ4n) is 2.23. The second kappa shape index (κ2) is 14.9. The first-order valence-corrected chi connectivity index (χ1v) is 9.49. The van der Waals surface area contributed by atoms with Gasteiger partial charge in [-0.2, -0.15) is 4.99 Å². The van der Waals surface area contributed by atoms with Gasteiger partial charge in [0.2, 0.25) is 0 Å². The predicted molar refractivity (Wildman–Crippen MR) is 99.7 cm³/mol. The molecule has 0 fully saturated rings. The van der Waals surface area contributed by atoms with Crippen molar-refractivity contribution >= 4 is 18.2 Å². The lowest BCUT2D eigenvalue weighted by atomic mass is 10.4. The Balaban J connectivity index is 1.78. The number of hydrogen-bond acceptors (Lipinski definition) is 9. The van der Waals surface area contributed by atoms with Crippen LogP contribution in [-0.2, 0) is 38.0 Å². The Morgan fingerprint density at radius 3 is 1.69 bits per heavy atom. The van der Waals surface area contributed by atoms with Crippen LogP contribution >= 0.6 is 0 Å². The van der Waals surface area contributed by atoms with Crippen LogP contribution in [0, 0.1) is 0 Å². The molecule has 0 N–H and O–H groups in total. The summed E-state index contributed by atoms with van der Waals surface area (Å²) in [4.78, 5) is 27.7. The summed E-state index contributed by atoms with van der Waals surface area (Å²) >= 11 is 0. The molecule has 11 heteroatoms. The third kappa shape index (κ3) is 10.3. The van der Waals surface area contributed by atoms with Crippen LogP contribution in [-0.4, -0.2) is 109 Å². The molecule has 0 atom stereocenters. The van der Waals surface area contributed by atoms with Crippen LogP contribution in [0.1, 0.15) is 0 Å². The van der Waals surface area contributed by atoms with Gasteiger partial charge >= 0.3 is 6.03 Å². The maximum absolute atomic E-state index is 11.7. The zero-order valence-electron chi connectivity index (χ0n) is 16.4. The molecule has 0 radical (unpaired) electrons. The second-order valence-corrected chi connectivity index (χ2v) is 5.83. The summed E-state index contributed by atoms with van der Waals surface area (Å²) in [5.74, 6) is -0.189. The number of carbonyl (C=O) groups excluding carboxylic acids is 2. The van der Waals surface area contributed by atoms with Crippen molar-refractivity contribution in [3.05, 3.63) is 12.0 Å². The minimum atomic E-state index is -0.637. The van der Waals surface area contributed by atoms with Crippen LogP contribution < -0.4 is 0 Å². The molecule has 0 unspecified atom stereocenters. The van der Waals surface area contributed by atoms with Gasteiger partial charge in [-0.25, -0.2) is 9.69 Å². The van der Waals surface area contributed by atoms with Crippen LogP contribution in [0.15, 0.2) is 17.0 Å². The highest BCUT2D eigenvalue weighted by Crippen LogP contribution is 2.08. The average molecular weight is 416 g/mol. The molecule has 3 amide bonds. The molecule has 0 aliphatic carbocycles. The first kappa shape index (κ1) is 23.2. The van der Waals surface area contributed by atoms with E-state index in [-0.39, 0.29) is 19.8 Å². The number of carbonyl (C=O) groups is 2. The molecule has 0 aromatic carbocycles. The van der Waals surface area contributed by atoms with Crippen molar-refractivity contribution in [2.24, 2.45) is 4.99 Å². The molecular weight excluding hydrogens is 388 g/mol.